The summed E-state index contributed by atoms with van der Waals surface area (Å²) in [5.74, 6) is -2.23. The highest BCUT2D eigenvalue weighted by Crippen LogP contribution is 2.30. The van der Waals surface area contributed by atoms with Crippen molar-refractivity contribution in [2.75, 3.05) is 20.8 Å². The number of methoxy groups -OCH3 is 2. The molecule has 0 aromatic heterocycles. The van der Waals surface area contributed by atoms with E-state index in [4.69, 9.17) is 14.2 Å². The van der Waals surface area contributed by atoms with Crippen molar-refractivity contribution in [3.05, 3.63) is 11.6 Å². The van der Waals surface area contributed by atoms with Crippen molar-refractivity contribution in [1.82, 2.24) is 0 Å². The molecule has 1 aliphatic heterocycles. The van der Waals surface area contributed by atoms with Crippen molar-refractivity contribution in [3.63, 3.8) is 0 Å². The Bertz CT molecular complexity index is 268. The molecule has 0 radical (unpaired) electrons. The molecule has 0 aromatic rings. The SMILES string of the molecule is CCOC(OC)(OC)C1=CC(=O)OC1O. The van der Waals surface area contributed by atoms with Crippen LogP contribution in [0.25, 0.3) is 0 Å². The van der Waals surface area contributed by atoms with Gasteiger partial charge in [-0.05, 0) is 6.92 Å². The fraction of sp³-hybridized carbons (Fsp3) is 0.667. The summed E-state index contributed by atoms with van der Waals surface area (Å²) in [4.78, 5) is 10.9. The van der Waals surface area contributed by atoms with Gasteiger partial charge in [-0.2, -0.15) is 0 Å². The van der Waals surface area contributed by atoms with Crippen LogP contribution in [0.5, 0.6) is 0 Å². The molecule has 1 heterocycles. The lowest BCUT2D eigenvalue weighted by Crippen LogP contribution is -2.42. The maximum atomic E-state index is 10.9. The lowest BCUT2D eigenvalue weighted by atomic mass is 10.2. The summed E-state index contributed by atoms with van der Waals surface area (Å²) < 4.78 is 19.8. The molecule has 0 spiro atoms. The maximum absolute atomic E-state index is 10.9. The van der Waals surface area contributed by atoms with Gasteiger partial charge in [-0.3, -0.25) is 0 Å². The number of rotatable bonds is 5. The topological polar surface area (TPSA) is 74.2 Å². The number of cyclic esters (lactones) is 1. The molecule has 0 aromatic carbocycles. The van der Waals surface area contributed by atoms with Gasteiger partial charge < -0.3 is 24.1 Å². The molecule has 0 fully saturated rings. The van der Waals surface area contributed by atoms with Crippen LogP contribution >= 0.6 is 0 Å². The summed E-state index contributed by atoms with van der Waals surface area (Å²) in [6.45, 7) is 2.03. The van der Waals surface area contributed by atoms with Crippen LogP contribution in [-0.4, -0.2) is 44.2 Å². The Balaban J connectivity index is 2.98. The third-order valence-corrected chi connectivity index (χ3v) is 1.99. The Hall–Kier alpha value is -0.950. The third-order valence-electron chi connectivity index (χ3n) is 1.99. The Morgan fingerprint density at radius 3 is 2.47 bits per heavy atom. The quantitative estimate of drug-likeness (QED) is 0.507. The molecule has 1 N–H and O–H groups in total. The smallest absolute Gasteiger partial charge is 0.333 e. The molecular formula is C9H14O6. The fourth-order valence-corrected chi connectivity index (χ4v) is 1.36. The van der Waals surface area contributed by atoms with Gasteiger partial charge in [0.25, 0.3) is 0 Å². The van der Waals surface area contributed by atoms with Crippen LogP contribution in [0.3, 0.4) is 0 Å². The van der Waals surface area contributed by atoms with Gasteiger partial charge in [-0.25, -0.2) is 4.79 Å². The number of hydrogen-bond acceptors (Lipinski definition) is 6. The van der Waals surface area contributed by atoms with Gasteiger partial charge in [0.15, 0.2) is 0 Å². The van der Waals surface area contributed by atoms with Crippen molar-refractivity contribution >= 4 is 5.97 Å². The summed E-state index contributed by atoms with van der Waals surface area (Å²) in [6, 6.07) is 0. The van der Waals surface area contributed by atoms with Gasteiger partial charge in [0.05, 0.1) is 5.57 Å². The summed E-state index contributed by atoms with van der Waals surface area (Å²) in [5, 5.41) is 9.43. The molecule has 1 rings (SSSR count). The first kappa shape index (κ1) is 12.1. The van der Waals surface area contributed by atoms with Crippen molar-refractivity contribution in [3.8, 4) is 0 Å². The molecule has 0 saturated carbocycles. The molecule has 6 nitrogen and oxygen atoms in total. The summed E-state index contributed by atoms with van der Waals surface area (Å²) in [7, 11) is 2.69. The monoisotopic (exact) mass is 218 g/mol. The van der Waals surface area contributed by atoms with Crippen LogP contribution in [0.4, 0.5) is 0 Å². The molecule has 15 heavy (non-hydrogen) atoms. The van der Waals surface area contributed by atoms with Crippen molar-refractivity contribution in [1.29, 1.82) is 0 Å². The van der Waals surface area contributed by atoms with Crippen LogP contribution in [0.1, 0.15) is 6.92 Å². The number of carbonyl (C=O) groups is 1. The fourth-order valence-electron chi connectivity index (χ4n) is 1.36. The summed E-state index contributed by atoms with van der Waals surface area (Å²) in [5.41, 5.74) is 0.0966. The van der Waals surface area contributed by atoms with E-state index in [-0.39, 0.29) is 5.57 Å². The van der Waals surface area contributed by atoms with Gasteiger partial charge in [0, 0.05) is 26.9 Å². The van der Waals surface area contributed by atoms with E-state index >= 15 is 0 Å². The minimum absolute atomic E-state index is 0.0966. The summed E-state index contributed by atoms with van der Waals surface area (Å²) in [6.07, 6.45) is -0.309. The Labute approximate surface area is 87.4 Å². The first-order chi connectivity index (χ1) is 7.09. The Morgan fingerprint density at radius 2 is 2.13 bits per heavy atom. The Morgan fingerprint density at radius 1 is 1.53 bits per heavy atom. The number of carbonyl (C=O) groups excluding carboxylic acids is 1. The average Bonchev–Trinajstić information content (AvgIpc) is 2.55. The van der Waals surface area contributed by atoms with E-state index < -0.39 is 18.2 Å². The van der Waals surface area contributed by atoms with Gasteiger partial charge in [0.1, 0.15) is 0 Å². The predicted molar refractivity (Wildman–Crippen MR) is 48.6 cm³/mol. The molecular weight excluding hydrogens is 204 g/mol. The lowest BCUT2D eigenvalue weighted by Gasteiger charge is -2.31. The van der Waals surface area contributed by atoms with Gasteiger partial charge in [0.2, 0.25) is 6.29 Å². The highest BCUT2D eigenvalue weighted by atomic mass is 16.9. The molecule has 1 unspecified atom stereocenters. The van der Waals surface area contributed by atoms with Crippen LogP contribution < -0.4 is 0 Å². The second kappa shape index (κ2) is 4.71. The molecule has 0 bridgehead atoms. The van der Waals surface area contributed by atoms with Crippen molar-refractivity contribution in [2.45, 2.75) is 19.2 Å². The minimum Gasteiger partial charge on any atom is -0.428 e. The van der Waals surface area contributed by atoms with E-state index in [1.807, 2.05) is 0 Å². The average molecular weight is 218 g/mol. The number of aliphatic hydroxyl groups is 1. The molecule has 0 aliphatic carbocycles. The zero-order valence-electron chi connectivity index (χ0n) is 8.85. The highest BCUT2D eigenvalue weighted by Gasteiger charge is 2.44. The number of esters is 1. The molecule has 1 aliphatic rings. The van der Waals surface area contributed by atoms with Gasteiger partial charge in [-0.1, -0.05) is 0 Å². The van der Waals surface area contributed by atoms with Crippen LogP contribution in [0, 0.1) is 0 Å². The predicted octanol–water partition coefficient (Wildman–Crippen LogP) is -0.229. The van der Waals surface area contributed by atoms with Crippen molar-refractivity contribution < 1.29 is 28.8 Å². The van der Waals surface area contributed by atoms with E-state index in [1.165, 1.54) is 14.2 Å². The summed E-state index contributed by atoms with van der Waals surface area (Å²) >= 11 is 0. The molecule has 86 valence electrons. The first-order valence-corrected chi connectivity index (χ1v) is 4.44. The van der Waals surface area contributed by atoms with Crippen LogP contribution in [0.15, 0.2) is 11.6 Å². The first-order valence-electron chi connectivity index (χ1n) is 4.44. The number of ether oxygens (including phenoxy) is 4. The lowest BCUT2D eigenvalue weighted by molar-refractivity contribution is -0.343. The van der Waals surface area contributed by atoms with Gasteiger partial charge >= 0.3 is 11.9 Å². The molecule has 0 saturated heterocycles. The third kappa shape index (κ3) is 2.18. The van der Waals surface area contributed by atoms with Crippen LogP contribution in [0.2, 0.25) is 0 Å². The van der Waals surface area contributed by atoms with E-state index in [0.29, 0.717) is 6.61 Å². The zero-order chi connectivity index (χ0) is 11.5. The molecule has 1 atom stereocenters. The largest absolute Gasteiger partial charge is 0.428 e. The molecule has 0 amide bonds. The number of aliphatic hydroxyl groups excluding tert-OH is 1. The highest BCUT2D eigenvalue weighted by molar-refractivity contribution is 5.85. The van der Waals surface area contributed by atoms with E-state index in [9.17, 15) is 9.90 Å². The van der Waals surface area contributed by atoms with Crippen molar-refractivity contribution in [2.24, 2.45) is 0 Å². The second-order valence-corrected chi connectivity index (χ2v) is 2.79. The number of hydrogen-bond donors (Lipinski definition) is 1. The molecule has 6 heteroatoms. The van der Waals surface area contributed by atoms with Crippen LogP contribution in [-0.2, 0) is 23.7 Å². The second-order valence-electron chi connectivity index (χ2n) is 2.79. The minimum atomic E-state index is -1.57. The normalized spacial score (nSPS) is 21.5. The standard InChI is InChI=1S/C9H14O6/c1-4-14-9(12-2,13-3)6-5-7(10)15-8(6)11/h5,8,11H,4H2,1-3H3. The Kier molecular flexibility index (Phi) is 3.81. The zero-order valence-corrected chi connectivity index (χ0v) is 8.85. The van der Waals surface area contributed by atoms with E-state index in [1.54, 1.807) is 6.92 Å². The van der Waals surface area contributed by atoms with E-state index in [2.05, 4.69) is 4.74 Å². The van der Waals surface area contributed by atoms with Gasteiger partial charge in [-0.15, -0.1) is 0 Å². The maximum Gasteiger partial charge on any atom is 0.333 e. The van der Waals surface area contributed by atoms with E-state index in [0.717, 1.165) is 6.08 Å².